The predicted molar refractivity (Wildman–Crippen MR) is 132 cm³/mol. The largest absolute Gasteiger partial charge is 0.497 e. The Balaban J connectivity index is 1.76. The third-order valence-corrected chi connectivity index (χ3v) is 5.55. The molecular formula is C25H23N3O4S. The first-order valence-electron chi connectivity index (χ1n) is 10.2. The first-order valence-corrected chi connectivity index (χ1v) is 10.6. The molecule has 0 aliphatic heterocycles. The Labute approximate surface area is 195 Å². The standard InChI is InChI=1S/C25H23N3O4S/c1-14-9-15(2)11-17(10-14)26-23(29)16-5-7-19-20(12-16)27-25(33)28(24(19)30)21-8-6-18(31-3)13-22(21)32-4/h5-13H,1-4H3,(H,26,29)(H,27,33). The topological polar surface area (TPSA) is 85.4 Å². The van der Waals surface area contributed by atoms with Gasteiger partial charge in [-0.05, 0) is 79.7 Å². The molecule has 0 fully saturated rings. The number of anilines is 1. The van der Waals surface area contributed by atoms with E-state index in [0.717, 1.165) is 11.1 Å². The Kier molecular flexibility index (Phi) is 6.02. The van der Waals surface area contributed by atoms with Crippen molar-refractivity contribution in [1.82, 2.24) is 9.55 Å². The van der Waals surface area contributed by atoms with Gasteiger partial charge in [-0.15, -0.1) is 0 Å². The monoisotopic (exact) mass is 461 g/mol. The van der Waals surface area contributed by atoms with Crippen LogP contribution in [0.15, 0.2) is 59.4 Å². The zero-order valence-corrected chi connectivity index (χ0v) is 19.5. The van der Waals surface area contributed by atoms with Crippen molar-refractivity contribution in [1.29, 1.82) is 0 Å². The first kappa shape index (κ1) is 22.3. The van der Waals surface area contributed by atoms with Crippen molar-refractivity contribution in [2.45, 2.75) is 13.8 Å². The molecule has 1 heterocycles. The summed E-state index contributed by atoms with van der Waals surface area (Å²) in [5, 5.41) is 3.30. The number of H-pyrrole nitrogens is 1. The predicted octanol–water partition coefficient (Wildman–Crippen LogP) is 4.93. The number of nitrogens with zero attached hydrogens (tertiary/aromatic N) is 1. The van der Waals surface area contributed by atoms with Crippen LogP contribution in [0, 0.1) is 18.6 Å². The highest BCUT2D eigenvalue weighted by atomic mass is 32.1. The summed E-state index contributed by atoms with van der Waals surface area (Å²) in [6.07, 6.45) is 0. The molecule has 0 atom stereocenters. The van der Waals surface area contributed by atoms with E-state index in [9.17, 15) is 9.59 Å². The summed E-state index contributed by atoms with van der Waals surface area (Å²) in [6, 6.07) is 15.8. The zero-order chi connectivity index (χ0) is 23.7. The van der Waals surface area contributed by atoms with E-state index in [1.165, 1.54) is 11.7 Å². The number of hydrogen-bond donors (Lipinski definition) is 2. The number of rotatable bonds is 5. The van der Waals surface area contributed by atoms with Gasteiger partial charge in [0.15, 0.2) is 4.77 Å². The van der Waals surface area contributed by atoms with Gasteiger partial charge in [-0.3, -0.25) is 9.59 Å². The van der Waals surface area contributed by atoms with E-state index in [2.05, 4.69) is 10.3 Å². The van der Waals surface area contributed by atoms with Crippen LogP contribution >= 0.6 is 12.2 Å². The molecule has 0 unspecified atom stereocenters. The molecule has 33 heavy (non-hydrogen) atoms. The average molecular weight is 462 g/mol. The van der Waals surface area contributed by atoms with Gasteiger partial charge in [-0.25, -0.2) is 4.57 Å². The minimum absolute atomic E-state index is 0.183. The van der Waals surface area contributed by atoms with Crippen LogP contribution in [0.4, 0.5) is 5.69 Å². The summed E-state index contributed by atoms with van der Waals surface area (Å²) >= 11 is 5.48. The highest BCUT2D eigenvalue weighted by Gasteiger charge is 2.15. The van der Waals surface area contributed by atoms with Crippen LogP contribution in [0.1, 0.15) is 21.5 Å². The van der Waals surface area contributed by atoms with E-state index in [1.807, 2.05) is 32.0 Å². The van der Waals surface area contributed by atoms with Crippen LogP contribution in [-0.4, -0.2) is 29.7 Å². The minimum Gasteiger partial charge on any atom is -0.497 e. The molecule has 3 aromatic carbocycles. The molecular weight excluding hydrogens is 438 g/mol. The molecule has 0 aliphatic rings. The second-order valence-electron chi connectivity index (χ2n) is 7.70. The smallest absolute Gasteiger partial charge is 0.266 e. The van der Waals surface area contributed by atoms with Gasteiger partial charge in [0.1, 0.15) is 11.5 Å². The third-order valence-electron chi connectivity index (χ3n) is 5.27. The van der Waals surface area contributed by atoms with E-state index in [0.29, 0.717) is 39.3 Å². The van der Waals surface area contributed by atoms with E-state index >= 15 is 0 Å². The van der Waals surface area contributed by atoms with Crippen molar-refractivity contribution < 1.29 is 14.3 Å². The summed E-state index contributed by atoms with van der Waals surface area (Å²) in [5.41, 5.74) is 3.88. The molecule has 4 rings (SSSR count). The molecule has 0 spiro atoms. The molecule has 168 valence electrons. The van der Waals surface area contributed by atoms with Crippen molar-refractivity contribution in [2.75, 3.05) is 19.5 Å². The van der Waals surface area contributed by atoms with Gasteiger partial charge in [-0.2, -0.15) is 0 Å². The fourth-order valence-electron chi connectivity index (χ4n) is 3.80. The molecule has 1 aromatic heterocycles. The van der Waals surface area contributed by atoms with Gasteiger partial charge < -0.3 is 19.8 Å². The van der Waals surface area contributed by atoms with Gasteiger partial charge in [-0.1, -0.05) is 6.07 Å². The van der Waals surface area contributed by atoms with Crippen molar-refractivity contribution in [3.05, 3.63) is 86.4 Å². The number of hydrogen-bond acceptors (Lipinski definition) is 5. The zero-order valence-electron chi connectivity index (χ0n) is 18.7. The Morgan fingerprint density at radius 3 is 2.36 bits per heavy atom. The minimum atomic E-state index is -0.321. The maximum absolute atomic E-state index is 13.3. The second-order valence-corrected chi connectivity index (χ2v) is 8.09. The Morgan fingerprint density at radius 2 is 1.70 bits per heavy atom. The lowest BCUT2D eigenvalue weighted by Crippen LogP contribution is -2.21. The van der Waals surface area contributed by atoms with Crippen LogP contribution in [0.5, 0.6) is 11.5 Å². The SMILES string of the molecule is COc1ccc(-n2c(=S)[nH]c3cc(C(=O)Nc4cc(C)cc(C)c4)ccc3c2=O)c(OC)c1. The van der Waals surface area contributed by atoms with Gasteiger partial charge >= 0.3 is 0 Å². The lowest BCUT2D eigenvalue weighted by molar-refractivity contribution is 0.102. The highest BCUT2D eigenvalue weighted by Crippen LogP contribution is 2.27. The van der Waals surface area contributed by atoms with E-state index in [1.54, 1.807) is 43.5 Å². The first-order chi connectivity index (χ1) is 15.8. The number of aromatic amines is 1. The van der Waals surface area contributed by atoms with Crippen LogP contribution in [0.25, 0.3) is 16.6 Å². The van der Waals surface area contributed by atoms with Gasteiger partial charge in [0.25, 0.3) is 11.5 Å². The molecule has 2 N–H and O–H groups in total. The van der Waals surface area contributed by atoms with E-state index < -0.39 is 0 Å². The summed E-state index contributed by atoms with van der Waals surface area (Å²) in [5.74, 6) is 0.765. The summed E-state index contributed by atoms with van der Waals surface area (Å²) < 4.78 is 12.2. The van der Waals surface area contributed by atoms with Crippen LogP contribution < -0.4 is 20.3 Å². The van der Waals surface area contributed by atoms with Gasteiger partial charge in [0, 0.05) is 17.3 Å². The number of carbonyl (C=O) groups is 1. The van der Waals surface area contributed by atoms with Crippen molar-refractivity contribution in [3.63, 3.8) is 0 Å². The Hall–Kier alpha value is -3.91. The van der Waals surface area contributed by atoms with Crippen LogP contribution in [-0.2, 0) is 0 Å². The van der Waals surface area contributed by atoms with Crippen molar-refractivity contribution in [2.24, 2.45) is 0 Å². The lowest BCUT2D eigenvalue weighted by Gasteiger charge is -2.14. The average Bonchev–Trinajstić information content (AvgIpc) is 2.78. The second kappa shape index (κ2) is 8.91. The molecule has 0 saturated carbocycles. The highest BCUT2D eigenvalue weighted by molar-refractivity contribution is 7.71. The normalized spacial score (nSPS) is 10.8. The lowest BCUT2D eigenvalue weighted by atomic mass is 10.1. The number of aryl methyl sites for hydroxylation is 2. The Morgan fingerprint density at radius 1 is 0.970 bits per heavy atom. The van der Waals surface area contributed by atoms with Gasteiger partial charge in [0.05, 0.1) is 30.8 Å². The molecule has 0 bridgehead atoms. The number of ether oxygens (including phenoxy) is 2. The number of methoxy groups -OCH3 is 2. The van der Waals surface area contributed by atoms with Gasteiger partial charge in [0.2, 0.25) is 0 Å². The van der Waals surface area contributed by atoms with Crippen LogP contribution in [0.2, 0.25) is 0 Å². The Bertz CT molecular complexity index is 1480. The summed E-state index contributed by atoms with van der Waals surface area (Å²) in [4.78, 5) is 29.2. The van der Waals surface area contributed by atoms with Crippen molar-refractivity contribution >= 4 is 34.7 Å². The maximum atomic E-state index is 13.3. The number of benzene rings is 3. The van der Waals surface area contributed by atoms with Crippen LogP contribution in [0.3, 0.4) is 0 Å². The quantitative estimate of drug-likeness (QED) is 0.412. The number of carbonyl (C=O) groups excluding carboxylic acids is 1. The number of amides is 1. The maximum Gasteiger partial charge on any atom is 0.266 e. The molecule has 0 radical (unpaired) electrons. The number of nitrogens with one attached hydrogen (secondary N) is 2. The fraction of sp³-hybridized carbons (Fsp3) is 0.160. The molecule has 4 aromatic rings. The molecule has 8 heteroatoms. The molecule has 0 aliphatic carbocycles. The molecule has 7 nitrogen and oxygen atoms in total. The molecule has 0 saturated heterocycles. The summed E-state index contributed by atoms with van der Waals surface area (Å²) in [6.45, 7) is 3.95. The third kappa shape index (κ3) is 4.38. The summed E-state index contributed by atoms with van der Waals surface area (Å²) in [7, 11) is 3.06. The van der Waals surface area contributed by atoms with E-state index in [-0.39, 0.29) is 16.2 Å². The number of fused-ring (bicyclic) bond motifs is 1. The fourth-order valence-corrected chi connectivity index (χ4v) is 4.09. The van der Waals surface area contributed by atoms with E-state index in [4.69, 9.17) is 21.7 Å². The molecule has 1 amide bonds. The van der Waals surface area contributed by atoms with Crippen molar-refractivity contribution in [3.8, 4) is 17.2 Å². The number of aromatic nitrogens is 2.